The predicted octanol–water partition coefficient (Wildman–Crippen LogP) is 1.60. The largest absolute Gasteiger partial charge is 0.372 e. The van der Waals surface area contributed by atoms with Crippen LogP contribution in [0.5, 0.6) is 0 Å². The number of rotatable bonds is 2. The predicted molar refractivity (Wildman–Crippen MR) is 72.8 cm³/mol. The maximum absolute atomic E-state index is 5.99. The van der Waals surface area contributed by atoms with E-state index < -0.39 is 0 Å². The first-order chi connectivity index (χ1) is 8.93. The van der Waals surface area contributed by atoms with Gasteiger partial charge in [-0.2, -0.15) is 0 Å². The first kappa shape index (κ1) is 12.2. The Balaban J connectivity index is 1.69. The van der Waals surface area contributed by atoms with Crippen molar-refractivity contribution in [2.24, 2.45) is 0 Å². The minimum Gasteiger partial charge on any atom is -0.372 e. The van der Waals surface area contributed by atoms with Gasteiger partial charge in [0.05, 0.1) is 12.7 Å². The highest BCUT2D eigenvalue weighted by molar-refractivity contribution is 5.31. The van der Waals surface area contributed by atoms with Crippen LogP contribution >= 0.6 is 0 Å². The van der Waals surface area contributed by atoms with Crippen LogP contribution in [0.25, 0.3) is 0 Å². The maximum Gasteiger partial charge on any atom is 0.0954 e. The van der Waals surface area contributed by atoms with Gasteiger partial charge in [0.25, 0.3) is 0 Å². The normalized spacial score (nSPS) is 25.4. The number of hydrogen-bond donors (Lipinski definition) is 1. The second-order valence-corrected chi connectivity index (χ2v) is 5.21. The Hall–Kier alpha value is -0.900. The molecule has 3 rings (SSSR count). The van der Waals surface area contributed by atoms with Gasteiger partial charge in [-0.25, -0.2) is 0 Å². The fourth-order valence-electron chi connectivity index (χ4n) is 2.95. The van der Waals surface area contributed by atoms with Crippen LogP contribution in [-0.4, -0.2) is 44.2 Å². The Morgan fingerprint density at radius 1 is 1.22 bits per heavy atom. The Kier molecular flexibility index (Phi) is 3.93. The van der Waals surface area contributed by atoms with E-state index in [1.807, 2.05) is 0 Å². The van der Waals surface area contributed by atoms with Gasteiger partial charge in [0, 0.05) is 19.6 Å². The molecule has 0 aliphatic carbocycles. The molecule has 1 N–H and O–H groups in total. The van der Waals surface area contributed by atoms with E-state index in [4.69, 9.17) is 4.74 Å². The molecule has 18 heavy (non-hydrogen) atoms. The molecule has 1 unspecified atom stereocenters. The van der Waals surface area contributed by atoms with Crippen molar-refractivity contribution in [1.29, 1.82) is 0 Å². The third-order valence-corrected chi connectivity index (χ3v) is 3.95. The lowest BCUT2D eigenvalue weighted by Gasteiger charge is -2.30. The van der Waals surface area contributed by atoms with Crippen LogP contribution in [0.4, 0.5) is 0 Å². The number of hydrogen-bond acceptors (Lipinski definition) is 3. The van der Waals surface area contributed by atoms with Crippen LogP contribution in [0.3, 0.4) is 0 Å². The summed E-state index contributed by atoms with van der Waals surface area (Å²) in [5, 5.41) is 3.45. The molecule has 0 spiro atoms. The maximum atomic E-state index is 5.99. The molecule has 0 saturated carbocycles. The molecule has 1 saturated heterocycles. The van der Waals surface area contributed by atoms with Crippen molar-refractivity contribution in [3.63, 3.8) is 0 Å². The molecule has 1 aromatic carbocycles. The topological polar surface area (TPSA) is 24.5 Å². The fourth-order valence-corrected chi connectivity index (χ4v) is 2.95. The second-order valence-electron chi connectivity index (χ2n) is 5.21. The molecule has 2 aliphatic rings. The number of fused-ring (bicyclic) bond motifs is 1. The van der Waals surface area contributed by atoms with Crippen molar-refractivity contribution >= 4 is 0 Å². The zero-order valence-corrected chi connectivity index (χ0v) is 10.9. The number of benzene rings is 1. The monoisotopic (exact) mass is 246 g/mol. The molecule has 0 aromatic heterocycles. The van der Waals surface area contributed by atoms with E-state index >= 15 is 0 Å². The lowest BCUT2D eigenvalue weighted by atomic mass is 9.97. The fraction of sp³-hybridized carbons (Fsp3) is 0.600. The van der Waals surface area contributed by atoms with Gasteiger partial charge in [0.15, 0.2) is 0 Å². The molecular formula is C15H22N2O. The van der Waals surface area contributed by atoms with Gasteiger partial charge in [-0.1, -0.05) is 24.3 Å². The van der Waals surface area contributed by atoms with Crippen molar-refractivity contribution < 1.29 is 4.74 Å². The van der Waals surface area contributed by atoms with E-state index in [2.05, 4.69) is 34.5 Å². The molecule has 98 valence electrons. The van der Waals surface area contributed by atoms with E-state index in [9.17, 15) is 0 Å². The quantitative estimate of drug-likeness (QED) is 0.858. The van der Waals surface area contributed by atoms with Gasteiger partial charge in [0.1, 0.15) is 0 Å². The summed E-state index contributed by atoms with van der Waals surface area (Å²) in [7, 11) is 0. The average molecular weight is 246 g/mol. The van der Waals surface area contributed by atoms with Gasteiger partial charge < -0.3 is 10.1 Å². The van der Waals surface area contributed by atoms with Crippen molar-refractivity contribution in [2.45, 2.75) is 18.9 Å². The van der Waals surface area contributed by atoms with E-state index in [0.717, 1.165) is 39.2 Å². The SMILES string of the molecule is c1ccc2c(c1)CCOC2CN1CCCNCC1. The Morgan fingerprint density at radius 3 is 3.17 bits per heavy atom. The summed E-state index contributed by atoms with van der Waals surface area (Å²) < 4.78 is 5.99. The van der Waals surface area contributed by atoms with Gasteiger partial charge in [-0.05, 0) is 37.1 Å². The molecule has 0 radical (unpaired) electrons. The molecule has 1 aromatic rings. The molecule has 0 amide bonds. The summed E-state index contributed by atoms with van der Waals surface area (Å²) in [6, 6.07) is 8.74. The molecule has 1 fully saturated rings. The Labute approximate surface area is 109 Å². The molecule has 3 heteroatoms. The molecule has 1 atom stereocenters. The van der Waals surface area contributed by atoms with Gasteiger partial charge in [0.2, 0.25) is 0 Å². The molecule has 2 aliphatic heterocycles. The van der Waals surface area contributed by atoms with E-state index in [-0.39, 0.29) is 6.10 Å². The number of ether oxygens (including phenoxy) is 1. The van der Waals surface area contributed by atoms with E-state index in [1.54, 1.807) is 0 Å². The summed E-state index contributed by atoms with van der Waals surface area (Å²) in [4.78, 5) is 2.53. The molecular weight excluding hydrogens is 224 g/mol. The Bertz CT molecular complexity index is 386. The average Bonchev–Trinajstić information content (AvgIpc) is 2.68. The summed E-state index contributed by atoms with van der Waals surface area (Å²) in [5.74, 6) is 0. The highest BCUT2D eigenvalue weighted by Gasteiger charge is 2.23. The van der Waals surface area contributed by atoms with Crippen molar-refractivity contribution in [1.82, 2.24) is 10.2 Å². The van der Waals surface area contributed by atoms with E-state index in [1.165, 1.54) is 24.1 Å². The first-order valence-electron chi connectivity index (χ1n) is 7.06. The summed E-state index contributed by atoms with van der Waals surface area (Å²) in [5.41, 5.74) is 2.88. The van der Waals surface area contributed by atoms with Crippen LogP contribution in [0.1, 0.15) is 23.7 Å². The van der Waals surface area contributed by atoms with Gasteiger partial charge in [-0.3, -0.25) is 4.90 Å². The van der Waals surface area contributed by atoms with Crippen LogP contribution < -0.4 is 5.32 Å². The van der Waals surface area contributed by atoms with E-state index in [0.29, 0.717) is 0 Å². The second kappa shape index (κ2) is 5.83. The zero-order chi connectivity index (χ0) is 12.2. The van der Waals surface area contributed by atoms with Gasteiger partial charge in [-0.15, -0.1) is 0 Å². The standard InChI is InChI=1S/C15H22N2O/c1-2-5-14-13(4-1)6-11-18-15(14)12-17-9-3-7-16-8-10-17/h1-2,4-5,15-16H,3,6-12H2. The molecule has 3 nitrogen and oxygen atoms in total. The van der Waals surface area contributed by atoms with Crippen molar-refractivity contribution in [3.05, 3.63) is 35.4 Å². The van der Waals surface area contributed by atoms with Crippen LogP contribution in [-0.2, 0) is 11.2 Å². The summed E-state index contributed by atoms with van der Waals surface area (Å²) in [6.07, 6.45) is 2.58. The van der Waals surface area contributed by atoms with Crippen LogP contribution in [0.15, 0.2) is 24.3 Å². The van der Waals surface area contributed by atoms with Crippen LogP contribution in [0, 0.1) is 0 Å². The zero-order valence-electron chi connectivity index (χ0n) is 10.9. The Morgan fingerprint density at radius 2 is 2.17 bits per heavy atom. The highest BCUT2D eigenvalue weighted by Crippen LogP contribution is 2.27. The highest BCUT2D eigenvalue weighted by atomic mass is 16.5. The smallest absolute Gasteiger partial charge is 0.0954 e. The lowest BCUT2D eigenvalue weighted by molar-refractivity contribution is 0.0172. The molecule has 0 bridgehead atoms. The third-order valence-electron chi connectivity index (χ3n) is 3.95. The number of nitrogens with zero attached hydrogens (tertiary/aromatic N) is 1. The van der Waals surface area contributed by atoms with Crippen LogP contribution in [0.2, 0.25) is 0 Å². The minimum atomic E-state index is 0.271. The lowest BCUT2D eigenvalue weighted by Crippen LogP contribution is -2.34. The minimum absolute atomic E-state index is 0.271. The van der Waals surface area contributed by atoms with Crippen molar-refractivity contribution in [2.75, 3.05) is 39.3 Å². The third kappa shape index (κ3) is 2.74. The number of nitrogens with one attached hydrogen (secondary N) is 1. The van der Waals surface area contributed by atoms with Gasteiger partial charge >= 0.3 is 0 Å². The first-order valence-corrected chi connectivity index (χ1v) is 7.06. The summed E-state index contributed by atoms with van der Waals surface area (Å²) in [6.45, 7) is 6.50. The summed E-state index contributed by atoms with van der Waals surface area (Å²) >= 11 is 0. The van der Waals surface area contributed by atoms with Crippen molar-refractivity contribution in [3.8, 4) is 0 Å². The molecule has 2 heterocycles.